The summed E-state index contributed by atoms with van der Waals surface area (Å²) in [5.74, 6) is -0.876. The van der Waals surface area contributed by atoms with Crippen molar-refractivity contribution in [3.05, 3.63) is 57.3 Å². The van der Waals surface area contributed by atoms with E-state index >= 15 is 0 Å². The molecule has 0 bridgehead atoms. The standard InChI is InChI=1S/C17H19NO6S2/c1-23-16(19)13-5-3-12(4-6-13)11-24-17(20)15-8-7-14(25-15)9-10-18-26(2,21)22/h3-8,18H,9-11H2,1-2H3. The highest BCUT2D eigenvalue weighted by molar-refractivity contribution is 7.88. The molecule has 0 aliphatic rings. The van der Waals surface area contributed by atoms with Gasteiger partial charge in [0.25, 0.3) is 0 Å². The van der Waals surface area contributed by atoms with Gasteiger partial charge in [-0.25, -0.2) is 22.7 Å². The lowest BCUT2D eigenvalue weighted by molar-refractivity contribution is 0.0477. The molecule has 0 aliphatic carbocycles. The van der Waals surface area contributed by atoms with E-state index < -0.39 is 22.0 Å². The van der Waals surface area contributed by atoms with E-state index in [1.54, 1.807) is 36.4 Å². The molecule has 0 saturated heterocycles. The van der Waals surface area contributed by atoms with Crippen molar-refractivity contribution in [2.45, 2.75) is 13.0 Å². The van der Waals surface area contributed by atoms with Gasteiger partial charge < -0.3 is 9.47 Å². The van der Waals surface area contributed by atoms with Gasteiger partial charge in [0.2, 0.25) is 10.0 Å². The smallest absolute Gasteiger partial charge is 0.348 e. The molecule has 0 unspecified atom stereocenters. The van der Waals surface area contributed by atoms with Crippen LogP contribution in [0.2, 0.25) is 0 Å². The van der Waals surface area contributed by atoms with E-state index in [-0.39, 0.29) is 13.2 Å². The van der Waals surface area contributed by atoms with Crippen molar-refractivity contribution in [1.82, 2.24) is 4.72 Å². The Morgan fingerprint density at radius 2 is 1.77 bits per heavy atom. The lowest BCUT2D eigenvalue weighted by Gasteiger charge is -2.05. The Morgan fingerprint density at radius 3 is 2.38 bits per heavy atom. The average Bonchev–Trinajstić information content (AvgIpc) is 3.07. The molecular formula is C17H19NO6S2. The Labute approximate surface area is 156 Å². The summed E-state index contributed by atoms with van der Waals surface area (Å²) in [6, 6.07) is 10.0. The molecule has 1 aromatic carbocycles. The number of benzene rings is 1. The van der Waals surface area contributed by atoms with Gasteiger partial charge in [-0.1, -0.05) is 12.1 Å². The van der Waals surface area contributed by atoms with Gasteiger partial charge >= 0.3 is 11.9 Å². The first-order valence-electron chi connectivity index (χ1n) is 7.66. The molecule has 26 heavy (non-hydrogen) atoms. The van der Waals surface area contributed by atoms with Crippen molar-refractivity contribution >= 4 is 33.3 Å². The quantitative estimate of drug-likeness (QED) is 0.684. The molecule has 0 radical (unpaired) electrons. The topological polar surface area (TPSA) is 98.8 Å². The zero-order valence-corrected chi connectivity index (χ0v) is 16.0. The number of methoxy groups -OCH3 is 1. The molecule has 0 spiro atoms. The fraction of sp³-hybridized carbons (Fsp3) is 0.294. The second-order valence-corrected chi connectivity index (χ2v) is 8.45. The third-order valence-corrected chi connectivity index (χ3v) is 5.20. The number of sulfonamides is 1. The molecule has 0 fully saturated rings. The number of hydrogen-bond acceptors (Lipinski definition) is 7. The van der Waals surface area contributed by atoms with Crippen LogP contribution in [0.15, 0.2) is 36.4 Å². The summed E-state index contributed by atoms with van der Waals surface area (Å²) in [7, 11) is -1.91. The van der Waals surface area contributed by atoms with Crippen LogP contribution in [0.5, 0.6) is 0 Å². The van der Waals surface area contributed by atoms with E-state index in [4.69, 9.17) is 4.74 Å². The zero-order valence-electron chi connectivity index (χ0n) is 14.4. The predicted octanol–water partition coefficient (Wildman–Crippen LogP) is 1.98. The third kappa shape index (κ3) is 6.25. The van der Waals surface area contributed by atoms with E-state index in [0.717, 1.165) is 16.7 Å². The van der Waals surface area contributed by atoms with Crippen molar-refractivity contribution in [3.63, 3.8) is 0 Å². The number of carbonyl (C=O) groups is 2. The maximum atomic E-state index is 12.1. The van der Waals surface area contributed by atoms with Crippen LogP contribution in [0.4, 0.5) is 0 Å². The first kappa shape index (κ1) is 20.1. The van der Waals surface area contributed by atoms with Gasteiger partial charge in [0, 0.05) is 11.4 Å². The van der Waals surface area contributed by atoms with Crippen molar-refractivity contribution < 1.29 is 27.5 Å². The molecule has 0 amide bonds. The van der Waals surface area contributed by atoms with E-state index in [2.05, 4.69) is 9.46 Å². The second kappa shape index (κ2) is 8.93. The van der Waals surface area contributed by atoms with Crippen LogP contribution in [0.3, 0.4) is 0 Å². The monoisotopic (exact) mass is 397 g/mol. The first-order chi connectivity index (χ1) is 12.3. The Morgan fingerprint density at radius 1 is 1.08 bits per heavy atom. The molecule has 1 aromatic heterocycles. The number of esters is 2. The Hall–Kier alpha value is -2.23. The number of nitrogens with one attached hydrogen (secondary N) is 1. The fourth-order valence-electron chi connectivity index (χ4n) is 2.06. The number of rotatable bonds is 8. The molecule has 2 rings (SSSR count). The summed E-state index contributed by atoms with van der Waals surface area (Å²) in [5.41, 5.74) is 1.17. The number of thiophene rings is 1. The lowest BCUT2D eigenvalue weighted by Crippen LogP contribution is -2.23. The number of hydrogen-bond donors (Lipinski definition) is 1. The van der Waals surface area contributed by atoms with Crippen LogP contribution < -0.4 is 4.72 Å². The summed E-state index contributed by atoms with van der Waals surface area (Å²) in [5, 5.41) is 0. The van der Waals surface area contributed by atoms with Crippen molar-refractivity contribution in [2.75, 3.05) is 19.9 Å². The van der Waals surface area contributed by atoms with Crippen LogP contribution in [0, 0.1) is 0 Å². The van der Waals surface area contributed by atoms with Crippen LogP contribution in [-0.4, -0.2) is 40.3 Å². The van der Waals surface area contributed by atoms with E-state index in [9.17, 15) is 18.0 Å². The van der Waals surface area contributed by atoms with Crippen molar-refractivity contribution in [3.8, 4) is 0 Å². The molecule has 0 aliphatic heterocycles. The molecule has 9 heteroatoms. The maximum absolute atomic E-state index is 12.1. The summed E-state index contributed by atoms with van der Waals surface area (Å²) >= 11 is 1.27. The normalized spacial score (nSPS) is 11.2. The van der Waals surface area contributed by atoms with Crippen molar-refractivity contribution in [2.24, 2.45) is 0 Å². The molecule has 2 aromatic rings. The second-order valence-electron chi connectivity index (χ2n) is 5.45. The van der Waals surface area contributed by atoms with Crippen LogP contribution >= 0.6 is 11.3 Å². The van der Waals surface area contributed by atoms with E-state index in [0.29, 0.717) is 16.9 Å². The van der Waals surface area contributed by atoms with Gasteiger partial charge in [-0.05, 0) is 36.2 Å². The van der Waals surface area contributed by atoms with Gasteiger partial charge in [-0.3, -0.25) is 0 Å². The lowest BCUT2D eigenvalue weighted by atomic mass is 10.1. The highest BCUT2D eigenvalue weighted by atomic mass is 32.2. The minimum absolute atomic E-state index is 0.0865. The summed E-state index contributed by atoms with van der Waals surface area (Å²) in [6.45, 7) is 0.365. The highest BCUT2D eigenvalue weighted by Crippen LogP contribution is 2.18. The van der Waals surface area contributed by atoms with Crippen LogP contribution in [-0.2, 0) is 32.5 Å². The van der Waals surface area contributed by atoms with Crippen LogP contribution in [0.1, 0.15) is 30.5 Å². The molecular weight excluding hydrogens is 378 g/mol. The Balaban J connectivity index is 1.85. The van der Waals surface area contributed by atoms with Crippen molar-refractivity contribution in [1.29, 1.82) is 0 Å². The fourth-order valence-corrected chi connectivity index (χ4v) is 3.43. The van der Waals surface area contributed by atoms with Gasteiger partial charge in [0.05, 0.1) is 18.9 Å². The Kier molecular flexibility index (Phi) is 6.90. The molecule has 7 nitrogen and oxygen atoms in total. The molecule has 0 atom stereocenters. The summed E-state index contributed by atoms with van der Waals surface area (Å²) in [4.78, 5) is 24.8. The minimum Gasteiger partial charge on any atom is -0.465 e. The average molecular weight is 397 g/mol. The SMILES string of the molecule is COC(=O)c1ccc(COC(=O)c2ccc(CCNS(C)(=O)=O)s2)cc1. The van der Waals surface area contributed by atoms with Crippen LogP contribution in [0.25, 0.3) is 0 Å². The van der Waals surface area contributed by atoms with Gasteiger partial charge in [0.1, 0.15) is 11.5 Å². The van der Waals surface area contributed by atoms with E-state index in [1.807, 2.05) is 0 Å². The largest absolute Gasteiger partial charge is 0.465 e. The molecule has 140 valence electrons. The van der Waals surface area contributed by atoms with Gasteiger partial charge in [0.15, 0.2) is 0 Å². The first-order valence-corrected chi connectivity index (χ1v) is 10.4. The summed E-state index contributed by atoms with van der Waals surface area (Å²) < 4.78 is 34.3. The predicted molar refractivity (Wildman–Crippen MR) is 97.8 cm³/mol. The maximum Gasteiger partial charge on any atom is 0.348 e. The van der Waals surface area contributed by atoms with E-state index in [1.165, 1.54) is 18.4 Å². The highest BCUT2D eigenvalue weighted by Gasteiger charge is 2.12. The molecule has 1 heterocycles. The molecule has 1 N–H and O–H groups in total. The zero-order chi connectivity index (χ0) is 19.2. The Bertz CT molecular complexity index is 871. The van der Waals surface area contributed by atoms with Gasteiger partial charge in [-0.2, -0.15) is 0 Å². The third-order valence-electron chi connectivity index (χ3n) is 3.34. The number of ether oxygens (including phenoxy) is 2. The summed E-state index contributed by atoms with van der Waals surface area (Å²) in [6.07, 6.45) is 1.60. The van der Waals surface area contributed by atoms with Gasteiger partial charge in [-0.15, -0.1) is 11.3 Å². The molecule has 0 saturated carbocycles. The number of carbonyl (C=O) groups excluding carboxylic acids is 2. The minimum atomic E-state index is -3.22.